The molecule has 2 amide bonds. The average molecular weight is 378 g/mol. The molecule has 0 aliphatic rings. The number of ether oxygens (including phenoxy) is 1. The molecule has 0 saturated heterocycles. The molecule has 0 bridgehead atoms. The number of carbonyl (C=O) groups excluding carboxylic acids is 2. The van der Waals surface area contributed by atoms with Crippen molar-refractivity contribution >= 4 is 40.3 Å². The van der Waals surface area contributed by atoms with E-state index in [1.165, 1.54) is 6.07 Å². The fraction of sp³-hybridized carbons (Fsp3) is 0.125. The molecule has 0 saturated carbocycles. The molecule has 136 valence electrons. The van der Waals surface area contributed by atoms with Crippen LogP contribution in [-0.2, 0) is 27.5 Å². The summed E-state index contributed by atoms with van der Waals surface area (Å²) in [5.41, 5.74) is 0.546. The fourth-order valence-electron chi connectivity index (χ4n) is 1.87. The topological polar surface area (TPSA) is 142 Å². The summed E-state index contributed by atoms with van der Waals surface area (Å²) in [4.78, 5) is 45.0. The van der Waals surface area contributed by atoms with Gasteiger partial charge in [-0.05, 0) is 11.6 Å². The lowest BCUT2D eigenvalue weighted by molar-refractivity contribution is -0.147. The first-order chi connectivity index (χ1) is 12.4. The Labute approximate surface area is 151 Å². The van der Waals surface area contributed by atoms with Gasteiger partial charge in [-0.1, -0.05) is 30.3 Å². The smallest absolute Gasteiger partial charge is 0.407 e. The van der Waals surface area contributed by atoms with Crippen molar-refractivity contribution in [1.82, 2.24) is 5.32 Å². The highest BCUT2D eigenvalue weighted by Crippen LogP contribution is 2.28. The average Bonchev–Trinajstić information content (AvgIpc) is 3.02. The van der Waals surface area contributed by atoms with E-state index in [1.807, 2.05) is 23.5 Å². The molecule has 0 spiro atoms. The Kier molecular flexibility index (Phi) is 6.28. The van der Waals surface area contributed by atoms with Crippen LogP contribution in [0.3, 0.4) is 0 Å². The first-order valence-electron chi connectivity index (χ1n) is 7.21. The molecular formula is C16H14N2O7S. The van der Waals surface area contributed by atoms with Gasteiger partial charge in [0.2, 0.25) is 0 Å². The Bertz CT molecular complexity index is 832. The third-order valence-electron chi connectivity index (χ3n) is 3.05. The summed E-state index contributed by atoms with van der Waals surface area (Å²) in [5, 5.41) is 22.0. The fourth-order valence-corrected chi connectivity index (χ4v) is 2.85. The molecular weight excluding hydrogens is 364 g/mol. The van der Waals surface area contributed by atoms with E-state index >= 15 is 0 Å². The minimum Gasteiger partial charge on any atom is -0.478 e. The van der Waals surface area contributed by atoms with Gasteiger partial charge in [0.1, 0.15) is 11.6 Å². The second-order valence-electron chi connectivity index (χ2n) is 4.94. The molecule has 1 aromatic heterocycles. The van der Waals surface area contributed by atoms with Crippen molar-refractivity contribution in [1.29, 1.82) is 0 Å². The number of carbonyl (C=O) groups is 4. The molecule has 4 N–H and O–H groups in total. The summed E-state index contributed by atoms with van der Waals surface area (Å²) in [6.45, 7) is 0.0406. The van der Waals surface area contributed by atoms with Crippen LogP contribution in [-0.4, -0.2) is 34.2 Å². The summed E-state index contributed by atoms with van der Waals surface area (Å²) in [6, 6.07) is 10.3. The van der Waals surface area contributed by atoms with E-state index in [-0.39, 0.29) is 23.7 Å². The molecule has 1 heterocycles. The number of hydrogen-bond donors (Lipinski definition) is 4. The highest BCUT2D eigenvalue weighted by atomic mass is 32.1. The van der Waals surface area contributed by atoms with Crippen LogP contribution in [0.4, 0.5) is 9.80 Å². The molecule has 26 heavy (non-hydrogen) atoms. The zero-order valence-corrected chi connectivity index (χ0v) is 14.0. The second-order valence-corrected chi connectivity index (χ2v) is 6.07. The number of aromatic carboxylic acids is 1. The number of nitrogens with one attached hydrogen (secondary N) is 2. The minimum absolute atomic E-state index is 0.0402. The van der Waals surface area contributed by atoms with Crippen LogP contribution in [0.2, 0.25) is 0 Å². The van der Waals surface area contributed by atoms with Crippen molar-refractivity contribution in [3.63, 3.8) is 0 Å². The molecule has 0 unspecified atom stereocenters. The highest BCUT2D eigenvalue weighted by molar-refractivity contribution is 7.16. The van der Waals surface area contributed by atoms with E-state index in [1.54, 1.807) is 12.1 Å². The number of rotatable bonds is 6. The van der Waals surface area contributed by atoms with Crippen molar-refractivity contribution in [3.8, 4) is 0 Å². The van der Waals surface area contributed by atoms with E-state index in [2.05, 4.69) is 5.32 Å². The highest BCUT2D eigenvalue weighted by Gasteiger charge is 2.20. The molecule has 10 heteroatoms. The zero-order valence-electron chi connectivity index (χ0n) is 13.2. The van der Waals surface area contributed by atoms with Gasteiger partial charge in [0, 0.05) is 4.88 Å². The third-order valence-corrected chi connectivity index (χ3v) is 4.11. The van der Waals surface area contributed by atoms with Crippen LogP contribution < -0.4 is 10.6 Å². The maximum Gasteiger partial charge on any atom is 0.407 e. The van der Waals surface area contributed by atoms with Gasteiger partial charge in [0.15, 0.2) is 0 Å². The van der Waals surface area contributed by atoms with Gasteiger partial charge in [0.25, 0.3) is 0 Å². The number of anilines is 1. The van der Waals surface area contributed by atoms with E-state index in [9.17, 15) is 19.2 Å². The SMILES string of the molecule is O=C(NCc1cc(C(=O)O)c(NC(=O)C(=O)O)s1)OCc1ccccc1. The number of thiophene rings is 1. The number of carboxylic acid groups (broad SMARTS) is 2. The lowest BCUT2D eigenvalue weighted by atomic mass is 10.2. The number of alkyl carbamates (subject to hydrolysis) is 1. The molecule has 0 radical (unpaired) electrons. The van der Waals surface area contributed by atoms with Gasteiger partial charge in [0.05, 0.1) is 12.1 Å². The van der Waals surface area contributed by atoms with E-state index in [4.69, 9.17) is 14.9 Å². The van der Waals surface area contributed by atoms with Crippen molar-refractivity contribution in [2.24, 2.45) is 0 Å². The van der Waals surface area contributed by atoms with Gasteiger partial charge < -0.3 is 25.6 Å². The maximum absolute atomic E-state index is 11.7. The quantitative estimate of drug-likeness (QED) is 0.562. The van der Waals surface area contributed by atoms with Crippen molar-refractivity contribution < 1.29 is 34.1 Å². The van der Waals surface area contributed by atoms with Gasteiger partial charge >= 0.3 is 23.9 Å². The first-order valence-corrected chi connectivity index (χ1v) is 8.03. The third kappa shape index (κ3) is 5.31. The summed E-state index contributed by atoms with van der Waals surface area (Å²) in [7, 11) is 0. The van der Waals surface area contributed by atoms with Crippen LogP contribution >= 0.6 is 11.3 Å². The number of carboxylic acids is 2. The predicted octanol–water partition coefficient (Wildman–Crippen LogP) is 1.90. The molecule has 2 aromatic rings. The molecule has 0 fully saturated rings. The lowest BCUT2D eigenvalue weighted by Gasteiger charge is -2.06. The van der Waals surface area contributed by atoms with Crippen molar-refractivity contribution in [2.75, 3.05) is 5.32 Å². The minimum atomic E-state index is -1.74. The number of aliphatic carboxylic acids is 1. The molecule has 2 rings (SSSR count). The monoisotopic (exact) mass is 378 g/mol. The largest absolute Gasteiger partial charge is 0.478 e. The predicted molar refractivity (Wildman–Crippen MR) is 91.0 cm³/mol. The molecule has 0 aliphatic carbocycles. The lowest BCUT2D eigenvalue weighted by Crippen LogP contribution is -2.23. The van der Waals surface area contributed by atoms with Gasteiger partial charge in [-0.25, -0.2) is 14.4 Å². The van der Waals surface area contributed by atoms with E-state index in [0.29, 0.717) is 4.88 Å². The summed E-state index contributed by atoms with van der Waals surface area (Å²) in [6.07, 6.45) is -0.699. The Hall–Kier alpha value is -3.40. The molecule has 9 nitrogen and oxygen atoms in total. The first kappa shape index (κ1) is 18.9. The van der Waals surface area contributed by atoms with Gasteiger partial charge in [-0.3, -0.25) is 4.79 Å². The summed E-state index contributed by atoms with van der Waals surface area (Å²) in [5.74, 6) is -4.42. The van der Waals surface area contributed by atoms with E-state index in [0.717, 1.165) is 16.9 Å². The molecule has 0 atom stereocenters. The summed E-state index contributed by atoms with van der Waals surface area (Å²) >= 11 is 0.844. The van der Waals surface area contributed by atoms with Crippen LogP contribution in [0, 0.1) is 0 Å². The normalized spacial score (nSPS) is 10.0. The Morgan fingerprint density at radius 2 is 1.77 bits per heavy atom. The maximum atomic E-state index is 11.7. The van der Waals surface area contributed by atoms with E-state index < -0.39 is 23.9 Å². The van der Waals surface area contributed by atoms with Gasteiger partial charge in [-0.15, -0.1) is 11.3 Å². The number of hydrogen-bond acceptors (Lipinski definition) is 6. The zero-order chi connectivity index (χ0) is 19.1. The van der Waals surface area contributed by atoms with Crippen LogP contribution in [0.5, 0.6) is 0 Å². The Morgan fingerprint density at radius 3 is 2.38 bits per heavy atom. The standard InChI is InChI=1S/C16H14N2O7S/c19-12(15(22)23)18-13-11(14(20)21)6-10(26-13)7-17-16(24)25-8-9-4-2-1-3-5-9/h1-6H,7-8H2,(H,17,24)(H,18,19)(H,20,21)(H,22,23). The van der Waals surface area contributed by atoms with Crippen molar-refractivity contribution in [2.45, 2.75) is 13.2 Å². The van der Waals surface area contributed by atoms with Crippen molar-refractivity contribution in [3.05, 3.63) is 52.4 Å². The van der Waals surface area contributed by atoms with Crippen LogP contribution in [0.15, 0.2) is 36.4 Å². The number of benzene rings is 1. The molecule has 0 aliphatic heterocycles. The Morgan fingerprint density at radius 1 is 1.08 bits per heavy atom. The molecule has 1 aromatic carbocycles. The summed E-state index contributed by atoms with van der Waals surface area (Å²) < 4.78 is 5.02. The van der Waals surface area contributed by atoms with Crippen LogP contribution in [0.25, 0.3) is 0 Å². The van der Waals surface area contributed by atoms with Gasteiger partial charge in [-0.2, -0.15) is 0 Å². The second kappa shape index (κ2) is 8.62. The van der Waals surface area contributed by atoms with Crippen LogP contribution in [0.1, 0.15) is 20.8 Å². The Balaban J connectivity index is 1.94. The number of amides is 2.